The van der Waals surface area contributed by atoms with E-state index in [0.29, 0.717) is 6.61 Å². The predicted octanol–water partition coefficient (Wildman–Crippen LogP) is 1.73. The maximum absolute atomic E-state index is 12.7. The lowest BCUT2D eigenvalue weighted by atomic mass is 10.3. The second-order valence-corrected chi connectivity index (χ2v) is 1.97. The minimum atomic E-state index is -0.579. The Labute approximate surface area is 64.2 Å². The van der Waals surface area contributed by atoms with Crippen molar-refractivity contribution in [2.45, 2.75) is 6.92 Å². The Bertz CT molecular complexity index is 248. The molecule has 0 fully saturated rings. The molecule has 0 bridgehead atoms. The number of hydrogen-bond acceptors (Lipinski definition) is 2. The van der Waals surface area contributed by atoms with Crippen LogP contribution in [0.4, 0.5) is 4.39 Å². The van der Waals surface area contributed by atoms with Crippen LogP contribution in [-0.2, 0) is 0 Å². The van der Waals surface area contributed by atoms with Gasteiger partial charge in [-0.2, -0.15) is 0 Å². The third-order valence-electron chi connectivity index (χ3n) is 1.14. The molecule has 0 spiro atoms. The third kappa shape index (κ3) is 1.83. The quantitative estimate of drug-likeness (QED) is 0.704. The SMILES string of the molecule is CCOc1cc(O)c[c]c1F. The largest absolute Gasteiger partial charge is 0.508 e. The normalized spacial score (nSPS) is 9.64. The molecule has 2 nitrogen and oxygen atoms in total. The van der Waals surface area contributed by atoms with Gasteiger partial charge in [-0.05, 0) is 13.0 Å². The smallest absolute Gasteiger partial charge is 0.173 e. The van der Waals surface area contributed by atoms with Gasteiger partial charge in [-0.15, -0.1) is 0 Å². The molecule has 0 heterocycles. The van der Waals surface area contributed by atoms with Crippen LogP contribution in [-0.4, -0.2) is 11.7 Å². The number of phenols is 1. The van der Waals surface area contributed by atoms with E-state index in [-0.39, 0.29) is 11.5 Å². The number of benzene rings is 1. The van der Waals surface area contributed by atoms with Crippen molar-refractivity contribution in [2.75, 3.05) is 6.61 Å². The van der Waals surface area contributed by atoms with Crippen LogP contribution in [0.15, 0.2) is 12.1 Å². The molecule has 3 heteroatoms. The molecule has 1 rings (SSSR count). The molecule has 0 aliphatic heterocycles. The lowest BCUT2D eigenvalue weighted by molar-refractivity contribution is 0.318. The Balaban J connectivity index is 2.93. The minimum absolute atomic E-state index is 0.0347. The Morgan fingerprint density at radius 1 is 1.73 bits per heavy atom. The third-order valence-corrected chi connectivity index (χ3v) is 1.14. The van der Waals surface area contributed by atoms with Gasteiger partial charge in [0, 0.05) is 12.1 Å². The van der Waals surface area contributed by atoms with Gasteiger partial charge in [0.25, 0.3) is 0 Å². The molecule has 0 amide bonds. The number of aromatic hydroxyl groups is 1. The summed E-state index contributed by atoms with van der Waals surface area (Å²) in [5.41, 5.74) is 0. The first-order chi connectivity index (χ1) is 5.24. The number of ether oxygens (including phenoxy) is 1. The monoisotopic (exact) mass is 155 g/mol. The first-order valence-electron chi connectivity index (χ1n) is 3.27. The summed E-state index contributed by atoms with van der Waals surface area (Å²) >= 11 is 0. The summed E-state index contributed by atoms with van der Waals surface area (Å²) in [7, 11) is 0. The van der Waals surface area contributed by atoms with Crippen molar-refractivity contribution in [1.29, 1.82) is 0 Å². The fraction of sp³-hybridized carbons (Fsp3) is 0.250. The number of hydrogen-bond donors (Lipinski definition) is 1. The molecule has 0 saturated carbocycles. The second kappa shape index (κ2) is 3.23. The fourth-order valence-electron chi connectivity index (χ4n) is 0.708. The molecular weight excluding hydrogens is 147 g/mol. The van der Waals surface area contributed by atoms with E-state index in [2.05, 4.69) is 6.07 Å². The highest BCUT2D eigenvalue weighted by atomic mass is 19.1. The molecule has 1 aromatic rings. The average Bonchev–Trinajstić information content (AvgIpc) is 1.98. The van der Waals surface area contributed by atoms with Gasteiger partial charge in [-0.1, -0.05) is 0 Å². The van der Waals surface area contributed by atoms with Crippen LogP contribution in [0, 0.1) is 11.9 Å². The van der Waals surface area contributed by atoms with Gasteiger partial charge in [0.15, 0.2) is 11.6 Å². The van der Waals surface area contributed by atoms with Gasteiger partial charge in [0.05, 0.1) is 6.61 Å². The zero-order valence-electron chi connectivity index (χ0n) is 6.10. The van der Waals surface area contributed by atoms with Crippen molar-refractivity contribution in [1.82, 2.24) is 0 Å². The molecule has 0 saturated heterocycles. The summed E-state index contributed by atoms with van der Waals surface area (Å²) in [5.74, 6) is -0.591. The summed E-state index contributed by atoms with van der Waals surface area (Å²) in [4.78, 5) is 0. The van der Waals surface area contributed by atoms with Crippen molar-refractivity contribution in [3.8, 4) is 11.5 Å². The summed E-state index contributed by atoms with van der Waals surface area (Å²) in [6, 6.07) is 4.58. The zero-order valence-corrected chi connectivity index (χ0v) is 6.10. The van der Waals surface area contributed by atoms with Crippen LogP contribution in [0.25, 0.3) is 0 Å². The summed E-state index contributed by atoms with van der Waals surface area (Å²) in [6.07, 6.45) is 0. The van der Waals surface area contributed by atoms with Gasteiger partial charge < -0.3 is 9.84 Å². The zero-order chi connectivity index (χ0) is 8.27. The molecule has 0 unspecified atom stereocenters. The van der Waals surface area contributed by atoms with Crippen LogP contribution in [0.5, 0.6) is 11.5 Å². The Morgan fingerprint density at radius 2 is 2.45 bits per heavy atom. The maximum atomic E-state index is 12.7. The Morgan fingerprint density at radius 3 is 3.09 bits per heavy atom. The first kappa shape index (κ1) is 7.85. The van der Waals surface area contributed by atoms with E-state index >= 15 is 0 Å². The van der Waals surface area contributed by atoms with Crippen LogP contribution >= 0.6 is 0 Å². The molecule has 0 aromatic heterocycles. The molecule has 0 aliphatic carbocycles. The molecule has 1 radical (unpaired) electrons. The van der Waals surface area contributed by atoms with Crippen LogP contribution in [0.3, 0.4) is 0 Å². The maximum Gasteiger partial charge on any atom is 0.173 e. The molecule has 1 N–H and O–H groups in total. The molecular formula is C8H8FO2. The predicted molar refractivity (Wildman–Crippen MR) is 38.1 cm³/mol. The van der Waals surface area contributed by atoms with E-state index in [0.717, 1.165) is 6.07 Å². The topological polar surface area (TPSA) is 29.5 Å². The second-order valence-electron chi connectivity index (χ2n) is 1.97. The average molecular weight is 155 g/mol. The summed E-state index contributed by atoms with van der Waals surface area (Å²) < 4.78 is 17.5. The van der Waals surface area contributed by atoms with Gasteiger partial charge in [0.1, 0.15) is 5.75 Å². The highest BCUT2D eigenvalue weighted by molar-refractivity contribution is 5.32. The van der Waals surface area contributed by atoms with Crippen LogP contribution in [0.1, 0.15) is 6.92 Å². The van der Waals surface area contributed by atoms with E-state index in [4.69, 9.17) is 9.84 Å². The molecule has 0 atom stereocenters. The van der Waals surface area contributed by atoms with Gasteiger partial charge in [-0.25, -0.2) is 4.39 Å². The van der Waals surface area contributed by atoms with E-state index < -0.39 is 5.82 Å². The van der Waals surface area contributed by atoms with E-state index in [1.54, 1.807) is 6.92 Å². The van der Waals surface area contributed by atoms with Crippen LogP contribution in [0.2, 0.25) is 0 Å². The Kier molecular flexibility index (Phi) is 2.31. The minimum Gasteiger partial charge on any atom is -0.508 e. The van der Waals surface area contributed by atoms with Crippen molar-refractivity contribution >= 4 is 0 Å². The standard InChI is InChI=1S/C8H8FO2/c1-2-11-8-5-6(10)3-4-7(8)9/h3,5,10H,2H2,1H3. The van der Waals surface area contributed by atoms with Crippen molar-refractivity contribution < 1.29 is 14.2 Å². The van der Waals surface area contributed by atoms with Gasteiger partial charge in [0.2, 0.25) is 0 Å². The summed E-state index contributed by atoms with van der Waals surface area (Å²) in [6.45, 7) is 2.11. The number of rotatable bonds is 2. The van der Waals surface area contributed by atoms with Crippen molar-refractivity contribution in [3.63, 3.8) is 0 Å². The molecule has 0 aliphatic rings. The lowest BCUT2D eigenvalue weighted by Gasteiger charge is -2.03. The Hall–Kier alpha value is -1.25. The highest BCUT2D eigenvalue weighted by Gasteiger charge is 2.02. The van der Waals surface area contributed by atoms with E-state index in [1.165, 1.54) is 6.07 Å². The highest BCUT2D eigenvalue weighted by Crippen LogP contribution is 2.21. The van der Waals surface area contributed by atoms with Crippen molar-refractivity contribution in [3.05, 3.63) is 24.0 Å². The van der Waals surface area contributed by atoms with Crippen molar-refractivity contribution in [2.24, 2.45) is 0 Å². The molecule has 11 heavy (non-hydrogen) atoms. The lowest BCUT2D eigenvalue weighted by Crippen LogP contribution is -1.93. The summed E-state index contributed by atoms with van der Waals surface area (Å²) in [5, 5.41) is 8.89. The van der Waals surface area contributed by atoms with Crippen LogP contribution < -0.4 is 4.74 Å². The van der Waals surface area contributed by atoms with E-state index in [1.807, 2.05) is 0 Å². The van der Waals surface area contributed by atoms with Gasteiger partial charge in [-0.3, -0.25) is 0 Å². The number of phenolic OH excluding ortho intramolecular Hbond substituents is 1. The molecule has 1 aromatic carbocycles. The number of halogens is 1. The van der Waals surface area contributed by atoms with Gasteiger partial charge >= 0.3 is 0 Å². The fourth-order valence-corrected chi connectivity index (χ4v) is 0.708. The van der Waals surface area contributed by atoms with E-state index in [9.17, 15) is 4.39 Å². The first-order valence-corrected chi connectivity index (χ1v) is 3.27. The molecule has 59 valence electrons.